The largest absolute Gasteiger partial charge is 0.490 e. The number of hydrogen-bond acceptors (Lipinski definition) is 5. The van der Waals surface area contributed by atoms with Gasteiger partial charge in [-0.3, -0.25) is 10.3 Å². The second-order valence-corrected chi connectivity index (χ2v) is 6.15. The lowest BCUT2D eigenvalue weighted by Crippen LogP contribution is -2.36. The maximum atomic E-state index is 12.8. The number of nitrogens with zero attached hydrogens (tertiary/aromatic N) is 1. The number of hydrogen-bond donors (Lipinski definition) is 3. The molecule has 0 aromatic heterocycles. The SMILES string of the molecule is CCOc1cccc(CNC(=NC)NCc2ccc(NC(=O)OC)cc2)c1OC(F)F.I. The number of benzene rings is 2. The number of halogens is 3. The monoisotopic (exact) mass is 564 g/mol. The Morgan fingerprint density at radius 3 is 2.38 bits per heavy atom. The highest BCUT2D eigenvalue weighted by molar-refractivity contribution is 14.0. The Morgan fingerprint density at radius 2 is 1.78 bits per heavy atom. The fourth-order valence-electron chi connectivity index (χ4n) is 2.65. The van der Waals surface area contributed by atoms with Gasteiger partial charge in [0.05, 0.1) is 13.7 Å². The molecular formula is C21H27F2IN4O4. The zero-order valence-corrected chi connectivity index (χ0v) is 20.3. The Kier molecular flexibility index (Phi) is 12.1. The summed E-state index contributed by atoms with van der Waals surface area (Å²) in [6, 6.07) is 12.1. The van der Waals surface area contributed by atoms with Gasteiger partial charge in [0.2, 0.25) is 0 Å². The number of rotatable bonds is 9. The van der Waals surface area contributed by atoms with Crippen LogP contribution in [0.5, 0.6) is 11.5 Å². The number of nitrogens with one attached hydrogen (secondary N) is 3. The molecule has 32 heavy (non-hydrogen) atoms. The third-order valence-electron chi connectivity index (χ3n) is 4.08. The van der Waals surface area contributed by atoms with Gasteiger partial charge in [-0.15, -0.1) is 24.0 Å². The third kappa shape index (κ3) is 8.73. The summed E-state index contributed by atoms with van der Waals surface area (Å²) in [5, 5.41) is 8.78. The van der Waals surface area contributed by atoms with E-state index in [-0.39, 0.29) is 42.0 Å². The second kappa shape index (κ2) is 14.3. The molecule has 2 aromatic rings. The summed E-state index contributed by atoms with van der Waals surface area (Å²) in [6.45, 7) is -0.217. The summed E-state index contributed by atoms with van der Waals surface area (Å²) in [5.41, 5.74) is 2.06. The summed E-state index contributed by atoms with van der Waals surface area (Å²) in [4.78, 5) is 15.4. The highest BCUT2D eigenvalue weighted by atomic mass is 127. The van der Waals surface area contributed by atoms with E-state index in [0.717, 1.165) is 5.56 Å². The molecule has 0 aliphatic rings. The topological polar surface area (TPSA) is 93.2 Å². The molecule has 0 unspecified atom stereocenters. The van der Waals surface area contributed by atoms with Crippen LogP contribution in [0.1, 0.15) is 18.1 Å². The summed E-state index contributed by atoms with van der Waals surface area (Å²) >= 11 is 0. The van der Waals surface area contributed by atoms with Crippen LogP contribution in [0.2, 0.25) is 0 Å². The van der Waals surface area contributed by atoms with Crippen molar-refractivity contribution < 1.29 is 27.8 Å². The van der Waals surface area contributed by atoms with Crippen LogP contribution < -0.4 is 25.4 Å². The van der Waals surface area contributed by atoms with Crippen molar-refractivity contribution in [2.24, 2.45) is 4.99 Å². The number of carbonyl (C=O) groups is 1. The van der Waals surface area contributed by atoms with Crippen molar-refractivity contribution in [1.29, 1.82) is 0 Å². The number of ether oxygens (including phenoxy) is 3. The Labute approximate surface area is 202 Å². The molecule has 0 saturated carbocycles. The Morgan fingerprint density at radius 1 is 1.09 bits per heavy atom. The van der Waals surface area contributed by atoms with E-state index in [1.807, 2.05) is 12.1 Å². The molecule has 176 valence electrons. The van der Waals surface area contributed by atoms with Gasteiger partial charge in [-0.1, -0.05) is 24.3 Å². The van der Waals surface area contributed by atoms with Gasteiger partial charge in [0.1, 0.15) is 0 Å². The van der Waals surface area contributed by atoms with Gasteiger partial charge in [-0.2, -0.15) is 8.78 Å². The fraction of sp³-hybridized carbons (Fsp3) is 0.333. The first-order chi connectivity index (χ1) is 15.0. The lowest BCUT2D eigenvalue weighted by molar-refractivity contribution is -0.0520. The van der Waals surface area contributed by atoms with Crippen molar-refractivity contribution in [3.8, 4) is 11.5 Å². The predicted octanol–water partition coefficient (Wildman–Crippen LogP) is 4.35. The molecule has 0 spiro atoms. The maximum Gasteiger partial charge on any atom is 0.411 e. The molecule has 0 aliphatic heterocycles. The number of aliphatic imine (C=N–C) groups is 1. The minimum atomic E-state index is -2.96. The van der Waals surface area contributed by atoms with Crippen molar-refractivity contribution in [2.75, 3.05) is 26.1 Å². The van der Waals surface area contributed by atoms with Crippen molar-refractivity contribution in [2.45, 2.75) is 26.6 Å². The first kappa shape index (κ1) is 27.2. The molecule has 0 heterocycles. The number of guanidine groups is 1. The number of anilines is 1. The first-order valence-corrected chi connectivity index (χ1v) is 9.54. The van der Waals surface area contributed by atoms with Crippen molar-refractivity contribution in [3.05, 3.63) is 53.6 Å². The lowest BCUT2D eigenvalue weighted by Gasteiger charge is -2.17. The minimum Gasteiger partial charge on any atom is -0.490 e. The van der Waals surface area contributed by atoms with E-state index < -0.39 is 12.7 Å². The minimum absolute atomic E-state index is 0. The number of para-hydroxylation sites is 1. The lowest BCUT2D eigenvalue weighted by atomic mass is 10.2. The molecule has 0 aliphatic carbocycles. The summed E-state index contributed by atoms with van der Waals surface area (Å²) in [6.07, 6.45) is -0.543. The first-order valence-electron chi connectivity index (χ1n) is 9.54. The summed E-state index contributed by atoms with van der Waals surface area (Å²) in [5.74, 6) is 0.725. The van der Waals surface area contributed by atoms with E-state index in [1.54, 1.807) is 44.3 Å². The smallest absolute Gasteiger partial charge is 0.411 e. The zero-order valence-electron chi connectivity index (χ0n) is 18.0. The molecule has 8 nitrogen and oxygen atoms in total. The van der Waals surface area contributed by atoms with Crippen molar-refractivity contribution >= 4 is 41.7 Å². The van der Waals surface area contributed by atoms with Gasteiger partial charge in [0.15, 0.2) is 17.5 Å². The molecule has 11 heteroatoms. The standard InChI is InChI=1S/C21H26F2N4O4.HI/c1-4-30-17-7-5-6-15(18(17)31-19(22)23)13-26-20(24-2)25-12-14-8-10-16(11-9-14)27-21(28)29-3;/h5-11,19H,4,12-13H2,1-3H3,(H,27,28)(H2,24,25,26);1H. The van der Waals surface area contributed by atoms with Crippen LogP contribution in [-0.2, 0) is 17.8 Å². The fourth-order valence-corrected chi connectivity index (χ4v) is 2.65. The molecule has 1 amide bonds. The number of methoxy groups -OCH3 is 1. The van der Waals surface area contributed by atoms with Crippen LogP contribution in [0.3, 0.4) is 0 Å². The van der Waals surface area contributed by atoms with Crippen LogP contribution in [0.4, 0.5) is 19.3 Å². The Bertz CT molecular complexity index is 883. The molecule has 0 saturated heterocycles. The third-order valence-corrected chi connectivity index (χ3v) is 4.08. The van der Waals surface area contributed by atoms with Crippen LogP contribution in [0, 0.1) is 0 Å². The van der Waals surface area contributed by atoms with E-state index in [1.165, 1.54) is 7.11 Å². The number of carbonyl (C=O) groups excluding carboxylic acids is 1. The van der Waals surface area contributed by atoms with E-state index in [2.05, 4.69) is 30.4 Å². The predicted molar refractivity (Wildman–Crippen MR) is 129 cm³/mol. The van der Waals surface area contributed by atoms with E-state index in [9.17, 15) is 13.6 Å². The average Bonchev–Trinajstić information content (AvgIpc) is 2.76. The van der Waals surface area contributed by atoms with Crippen molar-refractivity contribution in [3.63, 3.8) is 0 Å². The summed E-state index contributed by atoms with van der Waals surface area (Å²) < 4.78 is 40.3. The molecule has 2 rings (SSSR count). The van der Waals surface area contributed by atoms with Gasteiger partial charge in [0.25, 0.3) is 0 Å². The molecule has 0 radical (unpaired) electrons. The number of alkyl halides is 2. The van der Waals surface area contributed by atoms with E-state index in [4.69, 9.17) is 4.74 Å². The van der Waals surface area contributed by atoms with Gasteiger partial charge < -0.3 is 24.8 Å². The normalized spacial score (nSPS) is 10.8. The summed E-state index contributed by atoms with van der Waals surface area (Å²) in [7, 11) is 2.90. The zero-order chi connectivity index (χ0) is 22.6. The highest BCUT2D eigenvalue weighted by Gasteiger charge is 2.16. The van der Waals surface area contributed by atoms with E-state index >= 15 is 0 Å². The number of amides is 1. The second-order valence-electron chi connectivity index (χ2n) is 6.15. The van der Waals surface area contributed by atoms with Crippen LogP contribution >= 0.6 is 24.0 Å². The van der Waals surface area contributed by atoms with Gasteiger partial charge in [0, 0.05) is 31.4 Å². The molecule has 0 fully saturated rings. The molecular weight excluding hydrogens is 537 g/mol. The Balaban J connectivity index is 0.00000512. The molecule has 2 aromatic carbocycles. The van der Waals surface area contributed by atoms with Crippen LogP contribution in [0.25, 0.3) is 0 Å². The highest BCUT2D eigenvalue weighted by Crippen LogP contribution is 2.32. The van der Waals surface area contributed by atoms with Gasteiger partial charge in [-0.25, -0.2) is 4.79 Å². The molecule has 0 atom stereocenters. The van der Waals surface area contributed by atoms with E-state index in [0.29, 0.717) is 30.4 Å². The van der Waals surface area contributed by atoms with Gasteiger partial charge in [-0.05, 0) is 30.7 Å². The molecule has 3 N–H and O–H groups in total. The van der Waals surface area contributed by atoms with Crippen LogP contribution in [-0.4, -0.2) is 39.4 Å². The van der Waals surface area contributed by atoms with Gasteiger partial charge >= 0.3 is 12.7 Å². The maximum absolute atomic E-state index is 12.8. The Hall–Kier alpha value is -2.83. The average molecular weight is 564 g/mol. The van der Waals surface area contributed by atoms with Crippen molar-refractivity contribution in [1.82, 2.24) is 10.6 Å². The quantitative estimate of drug-likeness (QED) is 0.239. The molecule has 0 bridgehead atoms. The van der Waals surface area contributed by atoms with Crippen LogP contribution in [0.15, 0.2) is 47.5 Å².